The third-order valence-corrected chi connectivity index (χ3v) is 5.91. The summed E-state index contributed by atoms with van der Waals surface area (Å²) in [5.41, 5.74) is 5.33. The molecule has 29 heavy (non-hydrogen) atoms. The second-order valence-corrected chi connectivity index (χ2v) is 7.92. The number of carbonyl (C=O) groups excluding carboxylic acids is 1. The molecule has 2 heterocycles. The number of imidazole rings is 1. The van der Waals surface area contributed by atoms with Crippen molar-refractivity contribution in [2.24, 2.45) is 0 Å². The van der Waals surface area contributed by atoms with Gasteiger partial charge in [-0.15, -0.1) is 0 Å². The first-order valence-corrected chi connectivity index (χ1v) is 10.3. The Kier molecular flexibility index (Phi) is 5.53. The van der Waals surface area contributed by atoms with Crippen LogP contribution in [0.4, 0.5) is 11.6 Å². The standard InChI is InChI=1S/C23H29N5O/c1-16-9-10-19(15-17(16)2)24-22(29)18(3)27-11-6-12-28(14-13-27)23-25-20-7-4-5-8-21(20)26-23/h4-5,7-10,15,18H,6,11-14H2,1-3H3,(H,24,29)(H,25,26). The minimum Gasteiger partial charge on any atom is -0.341 e. The lowest BCUT2D eigenvalue weighted by Crippen LogP contribution is -2.44. The van der Waals surface area contributed by atoms with Crippen LogP contribution in [0.15, 0.2) is 42.5 Å². The zero-order chi connectivity index (χ0) is 20.4. The van der Waals surface area contributed by atoms with Gasteiger partial charge < -0.3 is 15.2 Å². The van der Waals surface area contributed by atoms with Crippen molar-refractivity contribution in [3.63, 3.8) is 0 Å². The number of H-pyrrole nitrogens is 1. The molecule has 2 N–H and O–H groups in total. The van der Waals surface area contributed by atoms with Crippen LogP contribution in [0.25, 0.3) is 11.0 Å². The fourth-order valence-corrected chi connectivity index (χ4v) is 3.86. The van der Waals surface area contributed by atoms with Gasteiger partial charge in [-0.2, -0.15) is 0 Å². The summed E-state index contributed by atoms with van der Waals surface area (Å²) in [7, 11) is 0. The molecule has 1 aromatic heterocycles. The van der Waals surface area contributed by atoms with E-state index in [0.29, 0.717) is 0 Å². The number of fused-ring (bicyclic) bond motifs is 1. The number of nitrogens with one attached hydrogen (secondary N) is 2. The summed E-state index contributed by atoms with van der Waals surface area (Å²) in [4.78, 5) is 25.5. The van der Waals surface area contributed by atoms with E-state index in [1.165, 1.54) is 11.1 Å². The molecule has 1 aliphatic heterocycles. The van der Waals surface area contributed by atoms with Gasteiger partial charge in [-0.1, -0.05) is 18.2 Å². The molecule has 1 amide bonds. The number of hydrogen-bond donors (Lipinski definition) is 2. The summed E-state index contributed by atoms with van der Waals surface area (Å²) in [5, 5.41) is 3.08. The molecule has 2 aromatic carbocycles. The monoisotopic (exact) mass is 391 g/mol. The number of para-hydroxylation sites is 2. The summed E-state index contributed by atoms with van der Waals surface area (Å²) in [5.74, 6) is 0.964. The van der Waals surface area contributed by atoms with Crippen LogP contribution >= 0.6 is 0 Å². The van der Waals surface area contributed by atoms with Gasteiger partial charge in [0.25, 0.3) is 0 Å². The van der Waals surface area contributed by atoms with Gasteiger partial charge in [-0.05, 0) is 62.6 Å². The van der Waals surface area contributed by atoms with E-state index in [4.69, 9.17) is 4.98 Å². The molecule has 0 bridgehead atoms. The average Bonchev–Trinajstić information content (AvgIpc) is 2.99. The number of aromatic nitrogens is 2. The van der Waals surface area contributed by atoms with Crippen molar-refractivity contribution in [2.75, 3.05) is 36.4 Å². The Morgan fingerprint density at radius 3 is 2.69 bits per heavy atom. The highest BCUT2D eigenvalue weighted by molar-refractivity contribution is 5.94. The van der Waals surface area contributed by atoms with E-state index in [-0.39, 0.29) is 11.9 Å². The first-order chi connectivity index (χ1) is 14.0. The topological polar surface area (TPSA) is 64.3 Å². The van der Waals surface area contributed by atoms with Crippen LogP contribution in [0.5, 0.6) is 0 Å². The number of benzene rings is 2. The molecule has 152 valence electrons. The van der Waals surface area contributed by atoms with Crippen LogP contribution in [0.1, 0.15) is 24.5 Å². The number of carbonyl (C=O) groups is 1. The van der Waals surface area contributed by atoms with Gasteiger partial charge in [0.2, 0.25) is 11.9 Å². The number of nitrogens with zero attached hydrogens (tertiary/aromatic N) is 3. The third-order valence-electron chi connectivity index (χ3n) is 5.91. The first-order valence-electron chi connectivity index (χ1n) is 10.3. The Balaban J connectivity index is 1.39. The molecule has 0 spiro atoms. The highest BCUT2D eigenvalue weighted by Gasteiger charge is 2.25. The van der Waals surface area contributed by atoms with Crippen molar-refractivity contribution in [3.05, 3.63) is 53.6 Å². The molecule has 4 rings (SSSR count). The summed E-state index contributed by atoms with van der Waals surface area (Å²) in [6, 6.07) is 14.0. The maximum absolute atomic E-state index is 12.8. The Morgan fingerprint density at radius 2 is 1.90 bits per heavy atom. The number of aryl methyl sites for hydroxylation is 2. The van der Waals surface area contributed by atoms with Crippen LogP contribution in [0.2, 0.25) is 0 Å². The minimum atomic E-state index is -0.174. The van der Waals surface area contributed by atoms with Gasteiger partial charge in [0.15, 0.2) is 0 Å². The van der Waals surface area contributed by atoms with Crippen LogP contribution in [-0.4, -0.2) is 53.0 Å². The summed E-state index contributed by atoms with van der Waals surface area (Å²) in [6.45, 7) is 9.65. The largest absolute Gasteiger partial charge is 0.341 e. The zero-order valence-corrected chi connectivity index (χ0v) is 17.4. The molecule has 0 saturated carbocycles. The molecule has 1 saturated heterocycles. The lowest BCUT2D eigenvalue weighted by molar-refractivity contribution is -0.120. The number of rotatable bonds is 4. The fourth-order valence-electron chi connectivity index (χ4n) is 3.86. The number of amides is 1. The maximum Gasteiger partial charge on any atom is 0.241 e. The summed E-state index contributed by atoms with van der Waals surface area (Å²) in [6.07, 6.45) is 0.998. The molecule has 6 heteroatoms. The van der Waals surface area contributed by atoms with Crippen molar-refractivity contribution in [1.29, 1.82) is 0 Å². The quantitative estimate of drug-likeness (QED) is 0.711. The van der Waals surface area contributed by atoms with Crippen molar-refractivity contribution >= 4 is 28.6 Å². The van der Waals surface area contributed by atoms with Crippen molar-refractivity contribution in [1.82, 2.24) is 14.9 Å². The molecule has 1 atom stereocenters. The summed E-state index contributed by atoms with van der Waals surface area (Å²) < 4.78 is 0. The van der Waals surface area contributed by atoms with E-state index in [2.05, 4.69) is 40.0 Å². The fraction of sp³-hybridized carbons (Fsp3) is 0.391. The van der Waals surface area contributed by atoms with E-state index in [1.54, 1.807) is 0 Å². The highest BCUT2D eigenvalue weighted by Crippen LogP contribution is 2.20. The van der Waals surface area contributed by atoms with Crippen LogP contribution in [0.3, 0.4) is 0 Å². The normalized spacial score (nSPS) is 16.6. The molecule has 1 unspecified atom stereocenters. The number of aromatic amines is 1. The predicted octanol–water partition coefficient (Wildman–Crippen LogP) is 3.72. The third kappa shape index (κ3) is 4.27. The Labute approximate surface area is 171 Å². The molecule has 1 aliphatic rings. The first kappa shape index (κ1) is 19.5. The van der Waals surface area contributed by atoms with Gasteiger partial charge in [0.05, 0.1) is 17.1 Å². The molecule has 6 nitrogen and oxygen atoms in total. The Morgan fingerprint density at radius 1 is 1.07 bits per heavy atom. The van der Waals surface area contributed by atoms with E-state index < -0.39 is 0 Å². The van der Waals surface area contributed by atoms with Crippen molar-refractivity contribution < 1.29 is 4.79 Å². The SMILES string of the molecule is Cc1ccc(NC(=O)C(C)N2CCCN(c3nc4ccccc4[nH]3)CC2)cc1C. The van der Waals surface area contributed by atoms with Gasteiger partial charge in [-0.3, -0.25) is 9.69 Å². The lowest BCUT2D eigenvalue weighted by atomic mass is 10.1. The van der Waals surface area contributed by atoms with Crippen molar-refractivity contribution in [3.8, 4) is 0 Å². The molecule has 0 aliphatic carbocycles. The van der Waals surface area contributed by atoms with Gasteiger partial charge >= 0.3 is 0 Å². The van der Waals surface area contributed by atoms with Gasteiger partial charge in [-0.25, -0.2) is 4.98 Å². The molecular weight excluding hydrogens is 362 g/mol. The predicted molar refractivity (Wildman–Crippen MR) is 119 cm³/mol. The van der Waals surface area contributed by atoms with E-state index in [9.17, 15) is 4.79 Å². The Hall–Kier alpha value is -2.86. The van der Waals surface area contributed by atoms with Crippen LogP contribution < -0.4 is 10.2 Å². The second-order valence-electron chi connectivity index (χ2n) is 7.92. The number of hydrogen-bond acceptors (Lipinski definition) is 4. The maximum atomic E-state index is 12.8. The minimum absolute atomic E-state index is 0.0467. The second kappa shape index (κ2) is 8.25. The van der Waals surface area contributed by atoms with Crippen LogP contribution in [0, 0.1) is 13.8 Å². The highest BCUT2D eigenvalue weighted by atomic mass is 16.2. The van der Waals surface area contributed by atoms with Crippen molar-refractivity contribution in [2.45, 2.75) is 33.2 Å². The van der Waals surface area contributed by atoms with E-state index in [0.717, 1.165) is 55.3 Å². The van der Waals surface area contributed by atoms with Gasteiger partial charge in [0, 0.05) is 31.9 Å². The molecule has 3 aromatic rings. The number of anilines is 2. The summed E-state index contributed by atoms with van der Waals surface area (Å²) >= 11 is 0. The van der Waals surface area contributed by atoms with Crippen LogP contribution in [-0.2, 0) is 4.79 Å². The Bertz CT molecular complexity index is 978. The van der Waals surface area contributed by atoms with Gasteiger partial charge in [0.1, 0.15) is 0 Å². The zero-order valence-electron chi connectivity index (χ0n) is 17.4. The lowest BCUT2D eigenvalue weighted by Gasteiger charge is -2.27. The smallest absolute Gasteiger partial charge is 0.241 e. The molecule has 1 fully saturated rings. The molecular formula is C23H29N5O. The average molecular weight is 392 g/mol. The molecule has 0 radical (unpaired) electrons. The van der Waals surface area contributed by atoms with E-state index >= 15 is 0 Å². The van der Waals surface area contributed by atoms with E-state index in [1.807, 2.05) is 43.3 Å².